The van der Waals surface area contributed by atoms with Gasteiger partial charge >= 0.3 is 0 Å². The van der Waals surface area contributed by atoms with Crippen LogP contribution in [-0.2, 0) is 10.8 Å². The number of benzene rings is 1. The molecule has 1 nitrogen and oxygen atoms in total. The molecule has 0 saturated heterocycles. The van der Waals surface area contributed by atoms with Gasteiger partial charge in [-0.05, 0) is 52.2 Å². The molecule has 1 unspecified atom stereocenters. The van der Waals surface area contributed by atoms with E-state index in [-0.39, 0.29) is 16.2 Å². The summed E-state index contributed by atoms with van der Waals surface area (Å²) in [6, 6.07) is 4.43. The fourth-order valence-electron chi connectivity index (χ4n) is 3.99. The van der Waals surface area contributed by atoms with Crippen molar-refractivity contribution >= 4 is 5.57 Å². The van der Waals surface area contributed by atoms with E-state index in [4.69, 9.17) is 0 Å². The zero-order valence-corrected chi connectivity index (χ0v) is 17.2. The Labute approximate surface area is 149 Å². The van der Waals surface area contributed by atoms with Crippen LogP contribution in [0.15, 0.2) is 18.2 Å². The highest BCUT2D eigenvalue weighted by Crippen LogP contribution is 2.47. The van der Waals surface area contributed by atoms with Gasteiger partial charge in [-0.25, -0.2) is 0 Å². The zero-order chi connectivity index (χ0) is 18.5. The Morgan fingerprint density at radius 1 is 1.00 bits per heavy atom. The van der Waals surface area contributed by atoms with Crippen LogP contribution in [-0.4, -0.2) is 5.11 Å². The van der Waals surface area contributed by atoms with Crippen molar-refractivity contribution in [3.05, 3.63) is 34.9 Å². The third-order valence-electron chi connectivity index (χ3n) is 5.16. The first kappa shape index (κ1) is 19.1. The minimum absolute atomic E-state index is 0.0683. The quantitative estimate of drug-likeness (QED) is 0.599. The minimum atomic E-state index is -0.0730. The van der Waals surface area contributed by atoms with Crippen molar-refractivity contribution in [2.75, 3.05) is 0 Å². The lowest BCUT2D eigenvalue weighted by Crippen LogP contribution is -2.21. The molecule has 2 rings (SSSR count). The molecule has 1 heteroatoms. The average molecular weight is 329 g/mol. The van der Waals surface area contributed by atoms with Gasteiger partial charge in [0.15, 0.2) is 0 Å². The molecule has 0 bridgehead atoms. The highest BCUT2D eigenvalue weighted by Gasteiger charge is 2.31. The standard InChI is InChI=1S/C23H36O/c1-15-10-16(14-23(8,9)13-15)18-11-17(21(2,3)4)12-19(20(18)24)22(5,6)7/h10-12,15,24H,13-14H2,1-9H3. The zero-order valence-electron chi connectivity index (χ0n) is 17.2. The Kier molecular flexibility index (Phi) is 4.72. The molecule has 0 spiro atoms. The number of phenols is 1. The van der Waals surface area contributed by atoms with E-state index in [0.29, 0.717) is 11.7 Å². The molecule has 0 aromatic heterocycles. The highest BCUT2D eigenvalue weighted by molar-refractivity contribution is 5.74. The summed E-state index contributed by atoms with van der Waals surface area (Å²) in [5.41, 5.74) is 5.00. The Balaban J connectivity index is 2.70. The van der Waals surface area contributed by atoms with Gasteiger partial charge in [-0.3, -0.25) is 0 Å². The average Bonchev–Trinajstić information content (AvgIpc) is 2.33. The fourth-order valence-corrected chi connectivity index (χ4v) is 3.99. The van der Waals surface area contributed by atoms with E-state index in [1.165, 1.54) is 17.6 Å². The lowest BCUT2D eigenvalue weighted by molar-refractivity contribution is 0.295. The van der Waals surface area contributed by atoms with Crippen LogP contribution in [0.1, 0.15) is 91.8 Å². The van der Waals surface area contributed by atoms with Crippen molar-refractivity contribution in [2.24, 2.45) is 11.3 Å². The van der Waals surface area contributed by atoms with Crippen LogP contribution >= 0.6 is 0 Å². The normalized spacial score (nSPS) is 21.5. The summed E-state index contributed by atoms with van der Waals surface area (Å²) in [4.78, 5) is 0. The second kappa shape index (κ2) is 5.93. The fraction of sp³-hybridized carbons (Fsp3) is 0.652. The summed E-state index contributed by atoms with van der Waals surface area (Å²) in [7, 11) is 0. The number of phenolic OH excluding ortho intramolecular Hbond substituents is 1. The van der Waals surface area contributed by atoms with E-state index in [1.807, 2.05) is 0 Å². The second-order valence-corrected chi connectivity index (χ2v) is 10.6. The molecular formula is C23H36O. The van der Waals surface area contributed by atoms with Crippen molar-refractivity contribution in [1.82, 2.24) is 0 Å². The maximum absolute atomic E-state index is 11.1. The summed E-state index contributed by atoms with van der Waals surface area (Å²) < 4.78 is 0. The number of rotatable bonds is 1. The predicted molar refractivity (Wildman–Crippen MR) is 106 cm³/mol. The molecular weight excluding hydrogens is 292 g/mol. The molecule has 1 aromatic carbocycles. The first-order valence-corrected chi connectivity index (χ1v) is 9.30. The Bertz CT molecular complexity index is 648. The first-order valence-electron chi connectivity index (χ1n) is 9.30. The summed E-state index contributed by atoms with van der Waals surface area (Å²) in [5.74, 6) is 1.03. The van der Waals surface area contributed by atoms with Gasteiger partial charge in [0.25, 0.3) is 0 Å². The van der Waals surface area contributed by atoms with Gasteiger partial charge in [0.05, 0.1) is 0 Å². The summed E-state index contributed by atoms with van der Waals surface area (Å²) >= 11 is 0. The highest BCUT2D eigenvalue weighted by atomic mass is 16.3. The topological polar surface area (TPSA) is 20.2 Å². The van der Waals surface area contributed by atoms with E-state index in [1.54, 1.807) is 0 Å². The lowest BCUT2D eigenvalue weighted by atomic mass is 9.70. The van der Waals surface area contributed by atoms with Crippen LogP contribution in [0.25, 0.3) is 5.57 Å². The Morgan fingerprint density at radius 2 is 1.58 bits per heavy atom. The van der Waals surface area contributed by atoms with Gasteiger partial charge < -0.3 is 5.11 Å². The van der Waals surface area contributed by atoms with Gasteiger partial charge in [0, 0.05) is 11.1 Å². The lowest BCUT2D eigenvalue weighted by Gasteiger charge is -2.35. The van der Waals surface area contributed by atoms with Crippen LogP contribution in [0.3, 0.4) is 0 Å². The van der Waals surface area contributed by atoms with E-state index in [2.05, 4.69) is 80.5 Å². The van der Waals surface area contributed by atoms with Crippen molar-refractivity contribution in [3.8, 4) is 5.75 Å². The maximum Gasteiger partial charge on any atom is 0.126 e. The number of hydrogen-bond donors (Lipinski definition) is 1. The number of hydrogen-bond acceptors (Lipinski definition) is 1. The van der Waals surface area contributed by atoms with Gasteiger partial charge in [0.1, 0.15) is 5.75 Å². The van der Waals surface area contributed by atoms with Gasteiger partial charge in [-0.2, -0.15) is 0 Å². The van der Waals surface area contributed by atoms with E-state index in [0.717, 1.165) is 17.5 Å². The molecule has 1 aliphatic carbocycles. The second-order valence-electron chi connectivity index (χ2n) is 10.6. The molecule has 1 N–H and O–H groups in total. The molecule has 0 fully saturated rings. The summed E-state index contributed by atoms with van der Waals surface area (Å²) in [5, 5.41) is 11.1. The maximum atomic E-state index is 11.1. The number of aromatic hydroxyl groups is 1. The van der Waals surface area contributed by atoms with E-state index < -0.39 is 0 Å². The molecule has 0 radical (unpaired) electrons. The van der Waals surface area contributed by atoms with Crippen LogP contribution in [0.2, 0.25) is 0 Å². The third-order valence-corrected chi connectivity index (χ3v) is 5.16. The monoisotopic (exact) mass is 328 g/mol. The number of allylic oxidation sites excluding steroid dienone is 2. The minimum Gasteiger partial charge on any atom is -0.507 e. The molecule has 0 saturated carbocycles. The molecule has 134 valence electrons. The van der Waals surface area contributed by atoms with E-state index in [9.17, 15) is 5.11 Å². The SMILES string of the molecule is CC1C=C(c2cc(C(C)(C)C)cc(C(C)(C)C)c2O)CC(C)(C)C1. The largest absolute Gasteiger partial charge is 0.507 e. The molecule has 0 amide bonds. The third kappa shape index (κ3) is 4.05. The van der Waals surface area contributed by atoms with Crippen molar-refractivity contribution in [3.63, 3.8) is 0 Å². The Morgan fingerprint density at radius 3 is 2.04 bits per heavy atom. The van der Waals surface area contributed by atoms with Crippen LogP contribution in [0, 0.1) is 11.3 Å². The molecule has 1 aliphatic rings. The van der Waals surface area contributed by atoms with E-state index >= 15 is 0 Å². The molecule has 0 aliphatic heterocycles. The predicted octanol–water partition coefficient (Wildman–Crippen LogP) is 6.83. The van der Waals surface area contributed by atoms with Gasteiger partial charge in [-0.15, -0.1) is 0 Å². The summed E-state index contributed by atoms with van der Waals surface area (Å²) in [6.45, 7) is 20.3. The molecule has 1 atom stereocenters. The summed E-state index contributed by atoms with van der Waals surface area (Å²) in [6.07, 6.45) is 4.61. The van der Waals surface area contributed by atoms with Crippen molar-refractivity contribution < 1.29 is 5.11 Å². The van der Waals surface area contributed by atoms with Crippen LogP contribution < -0.4 is 0 Å². The van der Waals surface area contributed by atoms with Crippen LogP contribution in [0.5, 0.6) is 5.75 Å². The smallest absolute Gasteiger partial charge is 0.126 e. The van der Waals surface area contributed by atoms with Crippen molar-refractivity contribution in [1.29, 1.82) is 0 Å². The van der Waals surface area contributed by atoms with Gasteiger partial charge in [-0.1, -0.05) is 74.5 Å². The molecule has 1 aromatic rings. The molecule has 0 heterocycles. The van der Waals surface area contributed by atoms with Crippen molar-refractivity contribution in [2.45, 2.75) is 86.0 Å². The van der Waals surface area contributed by atoms with Crippen LogP contribution in [0.4, 0.5) is 0 Å². The van der Waals surface area contributed by atoms with Gasteiger partial charge in [0.2, 0.25) is 0 Å². The Hall–Kier alpha value is -1.24. The molecule has 24 heavy (non-hydrogen) atoms. The first-order chi connectivity index (χ1) is 10.7.